The van der Waals surface area contributed by atoms with Crippen molar-refractivity contribution in [3.63, 3.8) is 0 Å². The maximum Gasteiger partial charge on any atom is 0.303 e. The van der Waals surface area contributed by atoms with Crippen LogP contribution in [0.5, 0.6) is 0 Å². The summed E-state index contributed by atoms with van der Waals surface area (Å²) in [5, 5.41) is 8.59. The van der Waals surface area contributed by atoms with E-state index in [1.54, 1.807) is 6.92 Å². The molecule has 1 aliphatic carbocycles. The maximum absolute atomic E-state index is 12.0. The molecule has 3 unspecified atom stereocenters. The van der Waals surface area contributed by atoms with Gasteiger partial charge in [-0.05, 0) is 18.8 Å². The first-order valence-electron chi connectivity index (χ1n) is 5.87. The lowest BCUT2D eigenvalue weighted by Gasteiger charge is -2.26. The molecule has 0 radical (unpaired) electrons. The lowest BCUT2D eigenvalue weighted by Crippen LogP contribution is -2.42. The first-order valence-corrected chi connectivity index (χ1v) is 5.87. The zero-order chi connectivity index (χ0) is 13.0. The number of piperidine rings is 1. The zero-order valence-corrected chi connectivity index (χ0v) is 10.3. The van der Waals surface area contributed by atoms with Gasteiger partial charge in [0.05, 0.1) is 11.8 Å². The lowest BCUT2D eigenvalue weighted by molar-refractivity contribution is -0.147. The molecule has 1 saturated carbocycles. The number of hydrogen-bond acceptors (Lipinski definition) is 3. The third kappa shape index (κ3) is 1.64. The van der Waals surface area contributed by atoms with E-state index < -0.39 is 5.97 Å². The SMILES string of the molecule is CC(CCC(=O)O)N1C(=O)C2C(C1=O)C2(C)C. The van der Waals surface area contributed by atoms with Crippen molar-refractivity contribution in [2.75, 3.05) is 0 Å². The summed E-state index contributed by atoms with van der Waals surface area (Å²) in [6.07, 6.45) is 0.309. The van der Waals surface area contributed by atoms with Crippen LogP contribution in [0.15, 0.2) is 0 Å². The molecular weight excluding hydrogens is 222 g/mol. The van der Waals surface area contributed by atoms with Gasteiger partial charge in [0, 0.05) is 12.5 Å². The van der Waals surface area contributed by atoms with Crippen LogP contribution in [0.3, 0.4) is 0 Å². The van der Waals surface area contributed by atoms with Gasteiger partial charge in [0.1, 0.15) is 0 Å². The Balaban J connectivity index is 2.03. The Morgan fingerprint density at radius 1 is 1.35 bits per heavy atom. The summed E-state index contributed by atoms with van der Waals surface area (Å²) in [6, 6.07) is -0.310. The molecule has 94 valence electrons. The first kappa shape index (κ1) is 12.1. The Hall–Kier alpha value is -1.39. The van der Waals surface area contributed by atoms with Crippen LogP contribution < -0.4 is 0 Å². The Morgan fingerprint density at radius 2 is 1.82 bits per heavy atom. The van der Waals surface area contributed by atoms with E-state index in [0.29, 0.717) is 6.42 Å². The second-order valence-electron chi connectivity index (χ2n) is 5.60. The molecule has 1 aliphatic heterocycles. The quantitative estimate of drug-likeness (QED) is 0.739. The van der Waals surface area contributed by atoms with Gasteiger partial charge >= 0.3 is 5.97 Å². The van der Waals surface area contributed by atoms with E-state index in [1.165, 1.54) is 4.90 Å². The van der Waals surface area contributed by atoms with E-state index in [0.717, 1.165) is 0 Å². The number of fused-ring (bicyclic) bond motifs is 1. The number of hydrogen-bond donors (Lipinski definition) is 1. The van der Waals surface area contributed by atoms with Gasteiger partial charge in [-0.3, -0.25) is 19.3 Å². The predicted octanol–water partition coefficient (Wildman–Crippen LogP) is 0.881. The van der Waals surface area contributed by atoms with Crippen LogP contribution in [-0.2, 0) is 14.4 Å². The summed E-state index contributed by atoms with van der Waals surface area (Å²) in [5.41, 5.74) is -0.197. The van der Waals surface area contributed by atoms with Crippen molar-refractivity contribution in [1.29, 1.82) is 0 Å². The number of amides is 2. The summed E-state index contributed by atoms with van der Waals surface area (Å²) >= 11 is 0. The highest BCUT2D eigenvalue weighted by atomic mass is 16.4. The molecule has 0 aromatic carbocycles. The van der Waals surface area contributed by atoms with Gasteiger partial charge < -0.3 is 5.11 Å². The summed E-state index contributed by atoms with van der Waals surface area (Å²) in [7, 11) is 0. The lowest BCUT2D eigenvalue weighted by atomic mass is 10.0. The molecule has 17 heavy (non-hydrogen) atoms. The van der Waals surface area contributed by atoms with Crippen LogP contribution in [0.1, 0.15) is 33.6 Å². The highest BCUT2D eigenvalue weighted by Gasteiger charge is 2.72. The molecule has 0 bridgehead atoms. The van der Waals surface area contributed by atoms with Gasteiger partial charge in [-0.25, -0.2) is 0 Å². The fraction of sp³-hybridized carbons (Fsp3) is 0.750. The van der Waals surface area contributed by atoms with Gasteiger partial charge in [0.15, 0.2) is 0 Å². The second-order valence-corrected chi connectivity index (χ2v) is 5.60. The number of aliphatic carboxylic acids is 1. The average Bonchev–Trinajstić information content (AvgIpc) is 2.65. The summed E-state index contributed by atoms with van der Waals surface area (Å²) in [5.74, 6) is -1.50. The van der Waals surface area contributed by atoms with Crippen LogP contribution in [0.2, 0.25) is 0 Å². The van der Waals surface area contributed by atoms with Crippen molar-refractivity contribution in [2.24, 2.45) is 17.3 Å². The molecular formula is C12H17NO4. The Kier molecular flexibility index (Phi) is 2.52. The van der Waals surface area contributed by atoms with E-state index in [-0.39, 0.29) is 41.5 Å². The fourth-order valence-corrected chi connectivity index (χ4v) is 2.86. The smallest absolute Gasteiger partial charge is 0.303 e. The van der Waals surface area contributed by atoms with Gasteiger partial charge in [-0.15, -0.1) is 0 Å². The number of nitrogens with zero attached hydrogens (tertiary/aromatic N) is 1. The number of imide groups is 1. The normalized spacial score (nSPS) is 31.4. The van der Waals surface area contributed by atoms with Gasteiger partial charge in [0.25, 0.3) is 0 Å². The fourth-order valence-electron chi connectivity index (χ4n) is 2.86. The summed E-state index contributed by atoms with van der Waals surface area (Å²) in [6.45, 7) is 5.59. The van der Waals surface area contributed by atoms with Crippen molar-refractivity contribution in [3.05, 3.63) is 0 Å². The largest absolute Gasteiger partial charge is 0.481 e. The van der Waals surface area contributed by atoms with Crippen LogP contribution in [0.25, 0.3) is 0 Å². The number of carboxylic acids is 1. The highest BCUT2D eigenvalue weighted by molar-refractivity contribution is 6.10. The van der Waals surface area contributed by atoms with Crippen molar-refractivity contribution < 1.29 is 19.5 Å². The number of rotatable bonds is 4. The number of likely N-dealkylation sites (tertiary alicyclic amines) is 1. The minimum Gasteiger partial charge on any atom is -0.481 e. The highest BCUT2D eigenvalue weighted by Crippen LogP contribution is 2.63. The van der Waals surface area contributed by atoms with Crippen molar-refractivity contribution in [2.45, 2.75) is 39.7 Å². The maximum atomic E-state index is 12.0. The average molecular weight is 239 g/mol. The molecule has 2 fully saturated rings. The Labute approximate surface area is 99.8 Å². The van der Waals surface area contributed by atoms with E-state index >= 15 is 0 Å². The molecule has 0 aromatic rings. The zero-order valence-electron chi connectivity index (χ0n) is 10.3. The predicted molar refractivity (Wildman–Crippen MR) is 58.9 cm³/mol. The third-order valence-electron chi connectivity index (χ3n) is 4.05. The minimum atomic E-state index is -0.901. The van der Waals surface area contributed by atoms with Crippen molar-refractivity contribution in [1.82, 2.24) is 4.90 Å². The third-order valence-corrected chi connectivity index (χ3v) is 4.05. The molecule has 0 aromatic heterocycles. The van der Waals surface area contributed by atoms with E-state index in [2.05, 4.69) is 0 Å². The molecule has 2 rings (SSSR count). The molecule has 5 heteroatoms. The van der Waals surface area contributed by atoms with E-state index in [4.69, 9.17) is 5.11 Å². The molecule has 1 heterocycles. The van der Waals surface area contributed by atoms with Crippen molar-refractivity contribution >= 4 is 17.8 Å². The molecule has 5 nitrogen and oxygen atoms in total. The summed E-state index contributed by atoms with van der Waals surface area (Å²) < 4.78 is 0. The van der Waals surface area contributed by atoms with Crippen LogP contribution in [0, 0.1) is 17.3 Å². The topological polar surface area (TPSA) is 74.7 Å². The molecule has 0 spiro atoms. The van der Waals surface area contributed by atoms with Crippen molar-refractivity contribution in [3.8, 4) is 0 Å². The first-order chi connectivity index (χ1) is 7.78. The Morgan fingerprint density at radius 3 is 2.24 bits per heavy atom. The number of carbonyl (C=O) groups excluding carboxylic acids is 2. The van der Waals surface area contributed by atoms with Crippen LogP contribution in [0.4, 0.5) is 0 Å². The standard InChI is InChI=1S/C12H17NO4/c1-6(4-5-7(14)15)13-10(16)8-9(11(13)17)12(8,2)3/h6,8-9H,4-5H2,1-3H3,(H,14,15). The second kappa shape index (κ2) is 3.55. The molecule has 1 saturated heterocycles. The number of carbonyl (C=O) groups is 3. The van der Waals surface area contributed by atoms with Gasteiger partial charge in [-0.1, -0.05) is 13.8 Å². The monoisotopic (exact) mass is 239 g/mol. The number of carboxylic acid groups (broad SMARTS) is 1. The van der Waals surface area contributed by atoms with E-state index in [9.17, 15) is 14.4 Å². The molecule has 2 aliphatic rings. The van der Waals surface area contributed by atoms with Gasteiger partial charge in [0.2, 0.25) is 11.8 Å². The molecule has 3 atom stereocenters. The Bertz CT molecular complexity index is 377. The van der Waals surface area contributed by atoms with Crippen LogP contribution >= 0.6 is 0 Å². The van der Waals surface area contributed by atoms with Crippen LogP contribution in [-0.4, -0.2) is 33.8 Å². The summed E-state index contributed by atoms with van der Waals surface area (Å²) in [4.78, 5) is 35.8. The molecule has 1 N–H and O–H groups in total. The van der Waals surface area contributed by atoms with Gasteiger partial charge in [-0.2, -0.15) is 0 Å². The molecule has 2 amide bonds. The minimum absolute atomic E-state index is 0.0169. The van der Waals surface area contributed by atoms with E-state index in [1.807, 2.05) is 13.8 Å².